The lowest BCUT2D eigenvalue weighted by molar-refractivity contribution is 0.518. The van der Waals surface area contributed by atoms with Gasteiger partial charge >= 0.3 is 0 Å². The van der Waals surface area contributed by atoms with Gasteiger partial charge in [-0.15, -0.1) is 10.2 Å². The summed E-state index contributed by atoms with van der Waals surface area (Å²) in [5, 5.41) is 20.9. The van der Waals surface area contributed by atoms with Crippen molar-refractivity contribution in [2.24, 2.45) is 0 Å². The average molecular weight is 406 g/mol. The fourth-order valence-corrected chi connectivity index (χ4v) is 4.10. The number of benzene rings is 4. The molecule has 0 spiro atoms. The summed E-state index contributed by atoms with van der Waals surface area (Å²) in [7, 11) is 0. The average Bonchev–Trinajstić information content (AvgIpc) is 3.38. The number of aromatic nitrogens is 4. The summed E-state index contributed by atoms with van der Waals surface area (Å²) in [5.74, 6) is 0.592. The van der Waals surface area contributed by atoms with Crippen LogP contribution in [0.15, 0.2) is 97.1 Å². The van der Waals surface area contributed by atoms with Gasteiger partial charge in [-0.2, -0.15) is 5.21 Å². The molecule has 2 unspecified atom stereocenters. The topological polar surface area (TPSA) is 66.5 Å². The van der Waals surface area contributed by atoms with Crippen LogP contribution in [0.3, 0.4) is 0 Å². The lowest BCUT2D eigenvalue weighted by Gasteiger charge is -2.26. The second-order valence-electron chi connectivity index (χ2n) is 7.66. The van der Waals surface area contributed by atoms with E-state index in [1.807, 2.05) is 18.2 Å². The molecule has 152 valence electrons. The number of rotatable bonds is 6. The van der Waals surface area contributed by atoms with E-state index in [4.69, 9.17) is 0 Å². The summed E-state index contributed by atoms with van der Waals surface area (Å²) in [5.41, 5.74) is 4.58. The normalized spacial score (nSPS) is 13.2. The molecule has 0 saturated heterocycles. The van der Waals surface area contributed by atoms with E-state index < -0.39 is 0 Å². The summed E-state index contributed by atoms with van der Waals surface area (Å²) in [4.78, 5) is 0. The standard InChI is InChI=1S/C26H23N5/c1-18(19-9-3-2-4-10-19)27-25(24-16-8-12-20-11-5-6-15-23(20)24)21-13-7-14-22(17-21)26-28-30-31-29-26/h2-18,25,27H,1H3,(H,28,29,30,31). The van der Waals surface area contributed by atoms with Crippen molar-refractivity contribution in [1.82, 2.24) is 25.9 Å². The third kappa shape index (κ3) is 3.96. The Bertz CT molecular complexity index is 1280. The molecule has 0 bridgehead atoms. The van der Waals surface area contributed by atoms with Gasteiger partial charge in [-0.25, -0.2) is 0 Å². The highest BCUT2D eigenvalue weighted by Gasteiger charge is 2.20. The van der Waals surface area contributed by atoms with Crippen LogP contribution in [0.5, 0.6) is 0 Å². The fourth-order valence-electron chi connectivity index (χ4n) is 4.10. The molecule has 5 nitrogen and oxygen atoms in total. The monoisotopic (exact) mass is 405 g/mol. The molecule has 0 radical (unpaired) electrons. The molecule has 5 aromatic rings. The van der Waals surface area contributed by atoms with E-state index in [9.17, 15) is 0 Å². The van der Waals surface area contributed by atoms with Gasteiger partial charge in [-0.1, -0.05) is 91.0 Å². The van der Waals surface area contributed by atoms with Crippen molar-refractivity contribution in [1.29, 1.82) is 0 Å². The Morgan fingerprint density at radius 1 is 0.774 bits per heavy atom. The number of tetrazole rings is 1. The molecule has 2 N–H and O–H groups in total. The smallest absolute Gasteiger partial charge is 0.204 e. The predicted molar refractivity (Wildman–Crippen MR) is 123 cm³/mol. The van der Waals surface area contributed by atoms with E-state index in [-0.39, 0.29) is 12.1 Å². The molecular weight excluding hydrogens is 382 g/mol. The van der Waals surface area contributed by atoms with Crippen molar-refractivity contribution in [2.45, 2.75) is 19.0 Å². The largest absolute Gasteiger partial charge is 0.300 e. The number of nitrogens with one attached hydrogen (secondary N) is 2. The summed E-state index contributed by atoms with van der Waals surface area (Å²) in [6, 6.07) is 34.1. The van der Waals surface area contributed by atoms with Crippen LogP contribution in [-0.4, -0.2) is 20.6 Å². The second kappa shape index (κ2) is 8.50. The van der Waals surface area contributed by atoms with Gasteiger partial charge < -0.3 is 0 Å². The number of H-pyrrole nitrogens is 1. The van der Waals surface area contributed by atoms with Crippen molar-refractivity contribution in [2.75, 3.05) is 0 Å². The van der Waals surface area contributed by atoms with E-state index in [0.29, 0.717) is 5.82 Å². The first kappa shape index (κ1) is 19.2. The van der Waals surface area contributed by atoms with Gasteiger partial charge in [0.1, 0.15) is 0 Å². The second-order valence-corrected chi connectivity index (χ2v) is 7.66. The first-order chi connectivity index (χ1) is 15.3. The third-order valence-corrected chi connectivity index (χ3v) is 5.67. The van der Waals surface area contributed by atoms with Crippen molar-refractivity contribution in [3.8, 4) is 11.4 Å². The molecule has 0 fully saturated rings. The van der Waals surface area contributed by atoms with Gasteiger partial charge in [-0.3, -0.25) is 5.32 Å². The maximum Gasteiger partial charge on any atom is 0.204 e. The summed E-state index contributed by atoms with van der Waals surface area (Å²) < 4.78 is 0. The Hall–Kier alpha value is -3.83. The molecule has 1 aromatic heterocycles. The quantitative estimate of drug-likeness (QED) is 0.394. The lowest BCUT2D eigenvalue weighted by atomic mass is 9.91. The SMILES string of the molecule is CC(NC(c1cccc(-c2nn[nH]n2)c1)c1cccc2ccccc12)c1ccccc1. The van der Waals surface area contributed by atoms with Crippen molar-refractivity contribution in [3.63, 3.8) is 0 Å². The van der Waals surface area contributed by atoms with Crippen LogP contribution in [0, 0.1) is 0 Å². The highest BCUT2D eigenvalue weighted by Crippen LogP contribution is 2.32. The summed E-state index contributed by atoms with van der Waals surface area (Å²) in [6.07, 6.45) is 0. The Labute approximate surface area is 181 Å². The first-order valence-corrected chi connectivity index (χ1v) is 10.4. The van der Waals surface area contributed by atoms with Crippen molar-refractivity contribution in [3.05, 3.63) is 114 Å². The lowest BCUT2D eigenvalue weighted by Crippen LogP contribution is -2.26. The third-order valence-electron chi connectivity index (χ3n) is 5.67. The maximum absolute atomic E-state index is 4.15. The molecule has 5 heteroatoms. The minimum atomic E-state index is -0.00634. The number of hydrogen-bond donors (Lipinski definition) is 2. The van der Waals surface area contributed by atoms with Crippen LogP contribution >= 0.6 is 0 Å². The highest BCUT2D eigenvalue weighted by molar-refractivity contribution is 5.86. The Morgan fingerprint density at radius 3 is 2.35 bits per heavy atom. The fraction of sp³-hybridized carbons (Fsp3) is 0.115. The molecule has 2 atom stereocenters. The summed E-state index contributed by atoms with van der Waals surface area (Å²) in [6.45, 7) is 2.20. The zero-order valence-corrected chi connectivity index (χ0v) is 17.2. The van der Waals surface area contributed by atoms with E-state index >= 15 is 0 Å². The van der Waals surface area contributed by atoms with Gasteiger partial charge in [0.05, 0.1) is 6.04 Å². The molecule has 0 saturated carbocycles. The number of hydrogen-bond acceptors (Lipinski definition) is 4. The van der Waals surface area contributed by atoms with E-state index in [2.05, 4.69) is 112 Å². The van der Waals surface area contributed by atoms with Crippen LogP contribution < -0.4 is 5.32 Å². The van der Waals surface area contributed by atoms with Gasteiger partial charge in [0.15, 0.2) is 0 Å². The molecule has 1 heterocycles. The van der Waals surface area contributed by atoms with E-state index in [1.54, 1.807) is 0 Å². The summed E-state index contributed by atoms with van der Waals surface area (Å²) >= 11 is 0. The number of aromatic amines is 1. The molecule has 0 aliphatic rings. The van der Waals surface area contributed by atoms with Gasteiger partial charge in [-0.05, 0) is 45.7 Å². The molecule has 31 heavy (non-hydrogen) atoms. The molecule has 0 aliphatic heterocycles. The van der Waals surface area contributed by atoms with Crippen LogP contribution in [0.4, 0.5) is 0 Å². The van der Waals surface area contributed by atoms with Crippen LogP contribution in [0.1, 0.15) is 35.7 Å². The number of fused-ring (bicyclic) bond motifs is 1. The molecule has 0 amide bonds. The van der Waals surface area contributed by atoms with Gasteiger partial charge in [0.25, 0.3) is 0 Å². The van der Waals surface area contributed by atoms with E-state index in [1.165, 1.54) is 21.9 Å². The highest BCUT2D eigenvalue weighted by atomic mass is 15.5. The van der Waals surface area contributed by atoms with E-state index in [0.717, 1.165) is 11.1 Å². The predicted octanol–water partition coefficient (Wildman–Crippen LogP) is 5.46. The Morgan fingerprint density at radius 2 is 1.52 bits per heavy atom. The maximum atomic E-state index is 4.15. The zero-order chi connectivity index (χ0) is 21.0. The van der Waals surface area contributed by atoms with Gasteiger partial charge in [0.2, 0.25) is 5.82 Å². The molecule has 0 aliphatic carbocycles. The first-order valence-electron chi connectivity index (χ1n) is 10.4. The van der Waals surface area contributed by atoms with Crippen LogP contribution in [0.25, 0.3) is 22.2 Å². The number of nitrogens with zero attached hydrogens (tertiary/aromatic N) is 3. The molecule has 4 aromatic carbocycles. The van der Waals surface area contributed by atoms with Crippen molar-refractivity contribution >= 4 is 10.8 Å². The molecular formula is C26H23N5. The Balaban J connectivity index is 1.62. The van der Waals surface area contributed by atoms with Crippen molar-refractivity contribution < 1.29 is 0 Å². The molecule has 5 rings (SSSR count). The Kier molecular flexibility index (Phi) is 5.25. The minimum Gasteiger partial charge on any atom is -0.300 e. The van der Waals surface area contributed by atoms with Gasteiger partial charge in [0, 0.05) is 11.6 Å². The van der Waals surface area contributed by atoms with Crippen LogP contribution in [0.2, 0.25) is 0 Å². The zero-order valence-electron chi connectivity index (χ0n) is 17.2. The van der Waals surface area contributed by atoms with Crippen LogP contribution in [-0.2, 0) is 0 Å². The minimum absolute atomic E-state index is 0.00634.